The first-order chi connectivity index (χ1) is 16.0. The fourth-order valence-electron chi connectivity index (χ4n) is 3.88. The van der Waals surface area contributed by atoms with Crippen LogP contribution in [0, 0.1) is 11.6 Å². The third-order valence-corrected chi connectivity index (χ3v) is 5.74. The quantitative estimate of drug-likeness (QED) is 0.561. The molecule has 4 rings (SSSR count). The third-order valence-electron chi connectivity index (χ3n) is 5.74. The zero-order valence-corrected chi connectivity index (χ0v) is 18.4. The van der Waals surface area contributed by atoms with Gasteiger partial charge in [0.1, 0.15) is 5.82 Å². The largest absolute Gasteiger partial charge is 0.368 e. The molecular weight excluding hydrogens is 422 g/mol. The Bertz CT molecular complexity index is 1130. The molecule has 0 bridgehead atoms. The van der Waals surface area contributed by atoms with Gasteiger partial charge in [-0.3, -0.25) is 4.79 Å². The second kappa shape index (κ2) is 10.3. The molecular formula is C26H26F2N4O. The zero-order valence-electron chi connectivity index (χ0n) is 18.4. The van der Waals surface area contributed by atoms with Crippen LogP contribution in [-0.4, -0.2) is 37.1 Å². The minimum atomic E-state index is -0.967. The Hall–Kier alpha value is -3.74. The van der Waals surface area contributed by atoms with Crippen molar-refractivity contribution in [2.45, 2.75) is 13.0 Å². The Kier molecular flexibility index (Phi) is 6.98. The van der Waals surface area contributed by atoms with E-state index in [0.29, 0.717) is 0 Å². The number of nitrogens with one attached hydrogen (secondary N) is 1. The summed E-state index contributed by atoms with van der Waals surface area (Å²) < 4.78 is 27.1. The van der Waals surface area contributed by atoms with E-state index in [1.54, 1.807) is 0 Å². The lowest BCUT2D eigenvalue weighted by Crippen LogP contribution is -2.46. The van der Waals surface area contributed by atoms with Crippen LogP contribution in [0.2, 0.25) is 0 Å². The number of hydrogen-bond donors (Lipinski definition) is 1. The highest BCUT2D eigenvalue weighted by Crippen LogP contribution is 2.23. The van der Waals surface area contributed by atoms with Gasteiger partial charge in [-0.2, -0.15) is 0 Å². The van der Waals surface area contributed by atoms with E-state index in [9.17, 15) is 13.6 Å². The standard InChI is InChI=1S/C26H26F2N4O/c1-19(30-25(33)12-11-20-6-5-9-23(27)26(20)28)21-7-4-8-22(18-21)31-14-16-32(17-15-31)24-10-2-3-13-29-24/h2-13,18-19H,14-17H2,1H3,(H,30,33)/b12-11+. The lowest BCUT2D eigenvalue weighted by Gasteiger charge is -2.37. The van der Waals surface area contributed by atoms with E-state index in [1.807, 2.05) is 43.5 Å². The van der Waals surface area contributed by atoms with Crippen LogP contribution in [0.1, 0.15) is 24.1 Å². The fraction of sp³-hybridized carbons (Fsp3) is 0.231. The Morgan fingerprint density at radius 3 is 2.52 bits per heavy atom. The van der Waals surface area contributed by atoms with Gasteiger partial charge in [-0.1, -0.05) is 30.3 Å². The van der Waals surface area contributed by atoms with Gasteiger partial charge in [0.15, 0.2) is 11.6 Å². The number of amides is 1. The molecule has 2 heterocycles. The molecule has 1 amide bonds. The Morgan fingerprint density at radius 2 is 1.76 bits per heavy atom. The number of pyridine rings is 1. The highest BCUT2D eigenvalue weighted by molar-refractivity contribution is 5.92. The molecule has 1 saturated heterocycles. The first-order valence-electron chi connectivity index (χ1n) is 10.9. The molecule has 1 aliphatic rings. The van der Waals surface area contributed by atoms with Gasteiger partial charge >= 0.3 is 0 Å². The van der Waals surface area contributed by atoms with Crippen molar-refractivity contribution in [2.75, 3.05) is 36.0 Å². The topological polar surface area (TPSA) is 48.5 Å². The molecule has 1 aromatic heterocycles. The summed E-state index contributed by atoms with van der Waals surface area (Å²) in [5.74, 6) is -1.29. The minimum Gasteiger partial charge on any atom is -0.368 e. The Balaban J connectivity index is 1.36. The summed E-state index contributed by atoms with van der Waals surface area (Å²) in [4.78, 5) is 21.3. The summed E-state index contributed by atoms with van der Waals surface area (Å²) in [5, 5.41) is 2.88. The number of aromatic nitrogens is 1. The normalized spacial score (nSPS) is 15.0. The summed E-state index contributed by atoms with van der Waals surface area (Å²) in [7, 11) is 0. The van der Waals surface area contributed by atoms with Gasteiger partial charge in [-0.05, 0) is 48.9 Å². The predicted octanol–water partition coefficient (Wildman–Crippen LogP) is 4.58. The molecule has 1 aliphatic heterocycles. The molecule has 0 aliphatic carbocycles. The highest BCUT2D eigenvalue weighted by Gasteiger charge is 2.19. The lowest BCUT2D eigenvalue weighted by molar-refractivity contribution is -0.117. The molecule has 1 atom stereocenters. The van der Waals surface area contributed by atoms with Crippen LogP contribution >= 0.6 is 0 Å². The first kappa shape index (κ1) is 22.5. The van der Waals surface area contributed by atoms with Crippen molar-refractivity contribution in [2.24, 2.45) is 0 Å². The summed E-state index contributed by atoms with van der Waals surface area (Å²) in [5.41, 5.74) is 2.11. The van der Waals surface area contributed by atoms with E-state index in [0.717, 1.165) is 49.3 Å². The van der Waals surface area contributed by atoms with Crippen molar-refractivity contribution in [3.63, 3.8) is 0 Å². The van der Waals surface area contributed by atoms with E-state index in [1.165, 1.54) is 24.3 Å². The summed E-state index contributed by atoms with van der Waals surface area (Å²) in [6.07, 6.45) is 4.30. The van der Waals surface area contributed by atoms with Crippen LogP contribution in [-0.2, 0) is 4.79 Å². The van der Waals surface area contributed by atoms with Crippen LogP contribution < -0.4 is 15.1 Å². The van der Waals surface area contributed by atoms with Gasteiger partial charge < -0.3 is 15.1 Å². The molecule has 7 heteroatoms. The number of nitrogens with zero attached hydrogens (tertiary/aromatic N) is 3. The van der Waals surface area contributed by atoms with Crippen LogP contribution in [0.4, 0.5) is 20.3 Å². The van der Waals surface area contributed by atoms with Crippen molar-refractivity contribution in [1.82, 2.24) is 10.3 Å². The first-order valence-corrected chi connectivity index (χ1v) is 10.9. The number of rotatable bonds is 6. The minimum absolute atomic E-state index is 0.0321. The maximum Gasteiger partial charge on any atom is 0.244 e. The molecule has 0 radical (unpaired) electrons. The Morgan fingerprint density at radius 1 is 1.00 bits per heavy atom. The van der Waals surface area contributed by atoms with E-state index in [2.05, 4.69) is 32.2 Å². The third kappa shape index (κ3) is 5.55. The van der Waals surface area contributed by atoms with Gasteiger partial charge in [0.05, 0.1) is 6.04 Å². The van der Waals surface area contributed by atoms with E-state index in [4.69, 9.17) is 0 Å². The highest BCUT2D eigenvalue weighted by atomic mass is 19.2. The van der Waals surface area contributed by atoms with Crippen LogP contribution in [0.15, 0.2) is 72.9 Å². The molecule has 1 fully saturated rings. The Labute approximate surface area is 192 Å². The van der Waals surface area contributed by atoms with E-state index in [-0.39, 0.29) is 17.5 Å². The van der Waals surface area contributed by atoms with Gasteiger partial charge in [0.25, 0.3) is 0 Å². The molecule has 0 spiro atoms. The van der Waals surface area contributed by atoms with Crippen molar-refractivity contribution in [3.8, 4) is 0 Å². The summed E-state index contributed by atoms with van der Waals surface area (Å²) in [6.45, 7) is 5.42. The number of carbonyl (C=O) groups is 1. The number of carbonyl (C=O) groups excluding carboxylic acids is 1. The predicted molar refractivity (Wildman–Crippen MR) is 127 cm³/mol. The zero-order chi connectivity index (χ0) is 23.2. The van der Waals surface area contributed by atoms with Crippen molar-refractivity contribution in [3.05, 3.63) is 95.7 Å². The summed E-state index contributed by atoms with van der Waals surface area (Å²) >= 11 is 0. The van der Waals surface area contributed by atoms with Gasteiger partial charge in [-0.15, -0.1) is 0 Å². The number of anilines is 2. The van der Waals surface area contributed by atoms with Crippen LogP contribution in [0.3, 0.4) is 0 Å². The molecule has 170 valence electrons. The molecule has 0 saturated carbocycles. The number of hydrogen-bond acceptors (Lipinski definition) is 4. The average molecular weight is 449 g/mol. The van der Waals surface area contributed by atoms with Crippen LogP contribution in [0.5, 0.6) is 0 Å². The number of halogens is 2. The molecule has 33 heavy (non-hydrogen) atoms. The SMILES string of the molecule is CC(NC(=O)/C=C/c1cccc(F)c1F)c1cccc(N2CCN(c3ccccn3)CC2)c1. The molecule has 1 N–H and O–H groups in total. The molecule has 5 nitrogen and oxygen atoms in total. The maximum absolute atomic E-state index is 13.8. The average Bonchev–Trinajstić information content (AvgIpc) is 2.85. The van der Waals surface area contributed by atoms with Crippen molar-refractivity contribution in [1.29, 1.82) is 0 Å². The van der Waals surface area contributed by atoms with E-state index >= 15 is 0 Å². The van der Waals surface area contributed by atoms with Crippen LogP contribution in [0.25, 0.3) is 6.08 Å². The molecule has 1 unspecified atom stereocenters. The molecule has 3 aromatic rings. The smallest absolute Gasteiger partial charge is 0.244 e. The van der Waals surface area contributed by atoms with Gasteiger partial charge in [0.2, 0.25) is 5.91 Å². The number of benzene rings is 2. The fourth-order valence-corrected chi connectivity index (χ4v) is 3.88. The molecule has 2 aromatic carbocycles. The second-order valence-corrected chi connectivity index (χ2v) is 7.96. The van der Waals surface area contributed by atoms with Crippen molar-refractivity contribution < 1.29 is 13.6 Å². The number of piperazine rings is 1. The van der Waals surface area contributed by atoms with E-state index < -0.39 is 11.6 Å². The monoisotopic (exact) mass is 448 g/mol. The van der Waals surface area contributed by atoms with Crippen molar-refractivity contribution >= 4 is 23.5 Å². The van der Waals surface area contributed by atoms with Gasteiger partial charge in [0, 0.05) is 49.7 Å². The lowest BCUT2D eigenvalue weighted by atomic mass is 10.1. The second-order valence-electron chi connectivity index (χ2n) is 7.96. The summed E-state index contributed by atoms with van der Waals surface area (Å²) in [6, 6.07) is 17.7. The maximum atomic E-state index is 13.8. The van der Waals surface area contributed by atoms with Gasteiger partial charge in [-0.25, -0.2) is 13.8 Å².